The number of carbonyl (C=O) groups is 1. The van der Waals surface area contributed by atoms with E-state index in [1.54, 1.807) is 24.4 Å². The van der Waals surface area contributed by atoms with E-state index in [9.17, 15) is 4.79 Å². The average Bonchev–Trinajstić information content (AvgIpc) is 2.46. The molecule has 6 heteroatoms. The molecule has 2 rings (SSSR count). The van der Waals surface area contributed by atoms with Gasteiger partial charge in [0.15, 0.2) is 6.04 Å². The molecule has 0 aliphatic carbocycles. The number of hydrogen-bond donors (Lipinski definition) is 5. The predicted octanol–water partition coefficient (Wildman–Crippen LogP) is 0.742. The van der Waals surface area contributed by atoms with Gasteiger partial charge in [-0.05, 0) is 23.9 Å². The lowest BCUT2D eigenvalue weighted by Gasteiger charge is -2.21. The number of hydrogen-bond acceptors (Lipinski definition) is 5. The Morgan fingerprint density at radius 2 is 2.24 bits per heavy atom. The molecule has 110 valence electrons. The number of carboxylic acid groups (broad SMARTS) is 1. The highest BCUT2D eigenvalue weighted by Crippen LogP contribution is 2.21. The Balaban J connectivity index is 2.15. The third-order valence-electron chi connectivity index (χ3n) is 3.22. The van der Waals surface area contributed by atoms with Crippen molar-refractivity contribution in [3.8, 4) is 0 Å². The van der Waals surface area contributed by atoms with Crippen LogP contribution in [0.25, 0.3) is 5.70 Å². The number of nitrogen functional groups attached to an aromatic ring is 1. The molecule has 7 N–H and O–H groups in total. The van der Waals surface area contributed by atoms with Gasteiger partial charge < -0.3 is 27.2 Å². The molecule has 21 heavy (non-hydrogen) atoms. The van der Waals surface area contributed by atoms with E-state index >= 15 is 0 Å². The first kappa shape index (κ1) is 14.5. The number of nitrogens with two attached hydrogens (primary N) is 2. The molecule has 1 aliphatic rings. The van der Waals surface area contributed by atoms with Crippen molar-refractivity contribution in [3.63, 3.8) is 0 Å². The van der Waals surface area contributed by atoms with E-state index < -0.39 is 12.0 Å². The van der Waals surface area contributed by atoms with Crippen molar-refractivity contribution in [1.82, 2.24) is 10.6 Å². The summed E-state index contributed by atoms with van der Waals surface area (Å²) in [6.07, 6.45) is 5.05. The summed E-state index contributed by atoms with van der Waals surface area (Å²) >= 11 is 0. The van der Waals surface area contributed by atoms with E-state index in [1.165, 1.54) is 0 Å². The Kier molecular flexibility index (Phi) is 4.18. The fraction of sp³-hybridized carbons (Fsp3) is 0.133. The van der Waals surface area contributed by atoms with Crippen molar-refractivity contribution in [2.45, 2.75) is 12.6 Å². The maximum absolute atomic E-state index is 11.2. The van der Waals surface area contributed by atoms with Crippen LogP contribution in [-0.4, -0.2) is 17.1 Å². The zero-order chi connectivity index (χ0) is 15.4. The third-order valence-corrected chi connectivity index (χ3v) is 3.22. The molecule has 1 aliphatic heterocycles. The number of aliphatic carboxylic acids is 1. The number of dihydropyridines is 1. The topological polar surface area (TPSA) is 113 Å². The summed E-state index contributed by atoms with van der Waals surface area (Å²) in [7, 11) is 0. The largest absolute Gasteiger partial charge is 0.479 e. The number of rotatable bonds is 5. The van der Waals surface area contributed by atoms with Gasteiger partial charge in [-0.1, -0.05) is 24.8 Å². The lowest BCUT2D eigenvalue weighted by Crippen LogP contribution is -2.41. The van der Waals surface area contributed by atoms with Crippen LogP contribution >= 0.6 is 0 Å². The maximum atomic E-state index is 11.2. The number of carboxylic acids is 1. The molecule has 1 unspecified atom stereocenters. The van der Waals surface area contributed by atoms with Crippen molar-refractivity contribution >= 4 is 17.4 Å². The minimum Gasteiger partial charge on any atom is -0.479 e. The number of nitrogens with one attached hydrogen (secondary N) is 2. The molecule has 0 spiro atoms. The second-order valence-electron chi connectivity index (χ2n) is 4.68. The number of para-hydroxylation sites is 1. The Morgan fingerprint density at radius 3 is 2.90 bits per heavy atom. The number of benzene rings is 1. The number of allylic oxidation sites excluding steroid dienone is 2. The first-order valence-corrected chi connectivity index (χ1v) is 6.42. The maximum Gasteiger partial charge on any atom is 0.332 e. The highest BCUT2D eigenvalue weighted by Gasteiger charge is 2.22. The Hall–Kier alpha value is -2.89. The second kappa shape index (κ2) is 6.04. The smallest absolute Gasteiger partial charge is 0.332 e. The Labute approximate surface area is 122 Å². The quantitative estimate of drug-likeness (QED) is 0.510. The minimum atomic E-state index is -0.949. The average molecular weight is 286 g/mol. The monoisotopic (exact) mass is 286 g/mol. The van der Waals surface area contributed by atoms with Crippen LogP contribution < -0.4 is 22.1 Å². The first-order valence-electron chi connectivity index (χ1n) is 6.42. The van der Waals surface area contributed by atoms with Gasteiger partial charge in [0, 0.05) is 29.2 Å². The predicted molar refractivity (Wildman–Crippen MR) is 82.7 cm³/mol. The fourth-order valence-electron chi connectivity index (χ4n) is 2.10. The van der Waals surface area contributed by atoms with Crippen LogP contribution in [0.2, 0.25) is 0 Å². The van der Waals surface area contributed by atoms with E-state index in [0.29, 0.717) is 29.2 Å². The van der Waals surface area contributed by atoms with E-state index in [0.717, 1.165) is 5.56 Å². The summed E-state index contributed by atoms with van der Waals surface area (Å²) in [6.45, 7) is 4.08. The third kappa shape index (κ3) is 3.17. The normalized spacial score (nSPS) is 16.8. The van der Waals surface area contributed by atoms with Gasteiger partial charge in [0.05, 0.1) is 0 Å². The van der Waals surface area contributed by atoms with Gasteiger partial charge in [-0.2, -0.15) is 0 Å². The molecule has 1 atom stereocenters. The summed E-state index contributed by atoms with van der Waals surface area (Å²) in [4.78, 5) is 11.2. The van der Waals surface area contributed by atoms with Crippen molar-refractivity contribution in [2.75, 3.05) is 5.73 Å². The van der Waals surface area contributed by atoms with Crippen LogP contribution in [0.5, 0.6) is 0 Å². The summed E-state index contributed by atoms with van der Waals surface area (Å²) in [6, 6.07) is 4.70. The number of anilines is 1. The van der Waals surface area contributed by atoms with Crippen LogP contribution in [0.4, 0.5) is 5.69 Å². The van der Waals surface area contributed by atoms with Crippen molar-refractivity contribution in [2.24, 2.45) is 5.73 Å². The van der Waals surface area contributed by atoms with Crippen molar-refractivity contribution in [1.29, 1.82) is 0 Å². The van der Waals surface area contributed by atoms with Gasteiger partial charge in [0.2, 0.25) is 0 Å². The standard InChI is InChI=1S/C15H18N4O2/c1-9(16)11-5-2-4-10(13(11)17)8-19-12-6-3-7-18-14(12)15(20)21/h2-7,14,18-19H,1,8,16-17H2,(H,20,21). The van der Waals surface area contributed by atoms with Crippen LogP contribution in [0.3, 0.4) is 0 Å². The molecule has 0 fully saturated rings. The van der Waals surface area contributed by atoms with Crippen molar-refractivity contribution in [3.05, 3.63) is 60.0 Å². The van der Waals surface area contributed by atoms with Gasteiger partial charge in [-0.25, -0.2) is 4.79 Å². The lowest BCUT2D eigenvalue weighted by atomic mass is 10.0. The molecule has 0 amide bonds. The van der Waals surface area contributed by atoms with Crippen LogP contribution in [0.15, 0.2) is 48.8 Å². The van der Waals surface area contributed by atoms with E-state index in [2.05, 4.69) is 17.2 Å². The van der Waals surface area contributed by atoms with Crippen molar-refractivity contribution < 1.29 is 9.90 Å². The summed E-state index contributed by atoms with van der Waals surface area (Å²) in [5, 5.41) is 15.0. The Morgan fingerprint density at radius 1 is 1.48 bits per heavy atom. The summed E-state index contributed by atoms with van der Waals surface area (Å²) < 4.78 is 0. The van der Waals surface area contributed by atoms with Gasteiger partial charge in [0.1, 0.15) is 0 Å². The highest BCUT2D eigenvalue weighted by atomic mass is 16.4. The van der Waals surface area contributed by atoms with Gasteiger partial charge >= 0.3 is 5.97 Å². The van der Waals surface area contributed by atoms with Crippen LogP contribution in [0.1, 0.15) is 11.1 Å². The van der Waals surface area contributed by atoms with E-state index in [4.69, 9.17) is 16.6 Å². The van der Waals surface area contributed by atoms with Gasteiger partial charge in [-0.3, -0.25) is 0 Å². The molecule has 1 heterocycles. The van der Waals surface area contributed by atoms with Crippen LogP contribution in [-0.2, 0) is 11.3 Å². The molecule has 0 saturated heterocycles. The zero-order valence-electron chi connectivity index (χ0n) is 11.5. The Bertz CT molecular complexity index is 635. The SMILES string of the molecule is C=C(N)c1cccc(CNC2=CC=CNC2C(=O)O)c1N. The molecule has 0 radical (unpaired) electrons. The van der Waals surface area contributed by atoms with Gasteiger partial charge in [-0.15, -0.1) is 0 Å². The molecule has 0 bridgehead atoms. The first-order chi connectivity index (χ1) is 10.0. The molecule has 0 saturated carbocycles. The molecular weight excluding hydrogens is 268 g/mol. The molecule has 6 nitrogen and oxygen atoms in total. The summed E-state index contributed by atoms with van der Waals surface area (Å²) in [5.41, 5.74) is 14.8. The molecular formula is C15H18N4O2. The zero-order valence-corrected chi connectivity index (χ0v) is 11.5. The van der Waals surface area contributed by atoms with E-state index in [1.807, 2.05) is 12.1 Å². The van der Waals surface area contributed by atoms with E-state index in [-0.39, 0.29) is 0 Å². The second-order valence-corrected chi connectivity index (χ2v) is 4.68. The molecule has 0 aromatic heterocycles. The highest BCUT2D eigenvalue weighted by molar-refractivity contribution is 5.78. The molecule has 1 aromatic carbocycles. The summed E-state index contributed by atoms with van der Waals surface area (Å²) in [5.74, 6) is -0.949. The fourth-order valence-corrected chi connectivity index (χ4v) is 2.10. The minimum absolute atomic E-state index is 0.401. The lowest BCUT2D eigenvalue weighted by molar-refractivity contribution is -0.138. The van der Waals surface area contributed by atoms with Crippen LogP contribution in [0, 0.1) is 0 Å². The molecule has 1 aromatic rings. The van der Waals surface area contributed by atoms with Gasteiger partial charge in [0.25, 0.3) is 0 Å².